The highest BCUT2D eigenvalue weighted by molar-refractivity contribution is 5.87. The van der Waals surface area contributed by atoms with E-state index in [0.717, 1.165) is 34.3 Å². The van der Waals surface area contributed by atoms with Crippen molar-refractivity contribution in [1.29, 1.82) is 0 Å². The van der Waals surface area contributed by atoms with E-state index in [2.05, 4.69) is 46.1 Å². The van der Waals surface area contributed by atoms with E-state index in [-0.39, 0.29) is 24.9 Å². The molecule has 3 aromatic rings. The first kappa shape index (κ1) is 27.4. The topological polar surface area (TPSA) is 96.7 Å². The van der Waals surface area contributed by atoms with Crippen molar-refractivity contribution < 1.29 is 8.78 Å². The predicted molar refractivity (Wildman–Crippen MR) is 144 cm³/mol. The average molecular weight is 501 g/mol. The Morgan fingerprint density at radius 2 is 1.94 bits per heavy atom. The maximum Gasteiger partial charge on any atom is 0.243 e. The Morgan fingerprint density at radius 3 is 2.56 bits per heavy atom. The Bertz CT molecular complexity index is 1180. The molecule has 0 bridgehead atoms. The van der Waals surface area contributed by atoms with Gasteiger partial charge in [0.2, 0.25) is 5.95 Å². The van der Waals surface area contributed by atoms with Crippen molar-refractivity contribution in [3.05, 3.63) is 30.1 Å². The third kappa shape index (κ3) is 6.96. The second-order valence-corrected chi connectivity index (χ2v) is 9.98. The fraction of sp³-hybridized carbons (Fsp3) is 0.538. The number of aliphatic imine (C=N–C) groups is 1. The normalized spacial score (nSPS) is 18.1. The smallest absolute Gasteiger partial charge is 0.243 e. The number of pyridine rings is 1. The first-order valence-corrected chi connectivity index (χ1v) is 12.4. The zero-order chi connectivity index (χ0) is 26.4. The molecule has 0 aliphatic carbocycles. The van der Waals surface area contributed by atoms with E-state index in [1.807, 2.05) is 39.0 Å². The summed E-state index contributed by atoms with van der Waals surface area (Å²) in [5.74, 6) is 1.37. The van der Waals surface area contributed by atoms with E-state index >= 15 is 0 Å². The van der Waals surface area contributed by atoms with Gasteiger partial charge in [0, 0.05) is 37.1 Å². The van der Waals surface area contributed by atoms with Gasteiger partial charge in [0.05, 0.1) is 23.1 Å². The van der Waals surface area contributed by atoms with Gasteiger partial charge in [-0.05, 0) is 51.3 Å². The van der Waals surface area contributed by atoms with Crippen molar-refractivity contribution in [3.63, 3.8) is 0 Å². The Kier molecular flexibility index (Phi) is 9.31. The van der Waals surface area contributed by atoms with Crippen LogP contribution in [0.1, 0.15) is 46.7 Å². The molecule has 0 radical (unpaired) electrons. The van der Waals surface area contributed by atoms with Gasteiger partial charge in [-0.2, -0.15) is 4.98 Å². The van der Waals surface area contributed by atoms with Crippen LogP contribution in [-0.2, 0) is 0 Å². The number of hydrogen-bond donors (Lipinski definition) is 2. The summed E-state index contributed by atoms with van der Waals surface area (Å²) >= 11 is 0. The van der Waals surface area contributed by atoms with Crippen LogP contribution < -0.4 is 11.1 Å². The molecule has 2 atom stereocenters. The van der Waals surface area contributed by atoms with Gasteiger partial charge in [-0.15, -0.1) is 5.10 Å². The summed E-state index contributed by atoms with van der Waals surface area (Å²) in [4.78, 5) is 15.3. The van der Waals surface area contributed by atoms with Crippen molar-refractivity contribution in [2.45, 2.75) is 60.2 Å². The number of piperidine rings is 1. The van der Waals surface area contributed by atoms with Gasteiger partial charge >= 0.3 is 0 Å². The van der Waals surface area contributed by atoms with Crippen LogP contribution in [0.25, 0.3) is 16.8 Å². The van der Waals surface area contributed by atoms with E-state index in [1.165, 1.54) is 0 Å². The summed E-state index contributed by atoms with van der Waals surface area (Å²) < 4.78 is 28.7. The second kappa shape index (κ2) is 12.2. The predicted octanol–water partition coefficient (Wildman–Crippen LogP) is 5.25. The lowest BCUT2D eigenvalue weighted by Crippen LogP contribution is -2.48. The SMILES string of the molecule is CC(C)=Nc1ccc(-c2ccn3nc(NC4CCN(CCF)CC4F)nc(N)c23)nc1C.CC(C)C. The lowest BCUT2D eigenvalue weighted by molar-refractivity contribution is 0.120. The second-order valence-electron chi connectivity index (χ2n) is 9.98. The van der Waals surface area contributed by atoms with E-state index in [0.29, 0.717) is 18.5 Å². The van der Waals surface area contributed by atoms with Crippen molar-refractivity contribution in [2.75, 3.05) is 37.4 Å². The molecule has 0 aromatic carbocycles. The molecule has 1 fully saturated rings. The summed E-state index contributed by atoms with van der Waals surface area (Å²) in [5.41, 5.74) is 11.1. The minimum Gasteiger partial charge on any atom is -0.382 e. The van der Waals surface area contributed by atoms with E-state index in [9.17, 15) is 8.78 Å². The number of fused-ring (bicyclic) bond motifs is 1. The van der Waals surface area contributed by atoms with Gasteiger partial charge in [-0.1, -0.05) is 20.8 Å². The summed E-state index contributed by atoms with van der Waals surface area (Å²) in [6.07, 6.45) is 1.18. The standard InChI is InChI=1S/C22H28F2N8.C4H10/c1-13(2)26-17-4-5-18(27-14(17)3)15-6-10-32-20(15)21(25)29-22(30-32)28-19-7-9-31(11-8-23)12-16(19)24;1-4(2)3/h4-6,10,16,19H,7-9,11-12H2,1-3H3,(H3,25,28,29,30);4H,1-3H3. The number of aromatic nitrogens is 4. The Morgan fingerprint density at radius 1 is 1.22 bits per heavy atom. The number of anilines is 2. The maximum atomic E-state index is 14.6. The zero-order valence-corrected chi connectivity index (χ0v) is 22.1. The Labute approximate surface area is 212 Å². The van der Waals surface area contributed by atoms with E-state index < -0.39 is 18.9 Å². The number of nitrogens with zero attached hydrogens (tertiary/aromatic N) is 6. The molecular weight excluding hydrogens is 462 g/mol. The molecule has 0 spiro atoms. The molecule has 8 nitrogen and oxygen atoms in total. The molecule has 4 heterocycles. The molecule has 196 valence electrons. The Balaban J connectivity index is 0.000000840. The molecule has 0 amide bonds. The van der Waals surface area contributed by atoms with Gasteiger partial charge in [0.1, 0.15) is 18.4 Å². The molecule has 4 rings (SSSR count). The first-order valence-electron chi connectivity index (χ1n) is 12.4. The van der Waals surface area contributed by atoms with Crippen LogP contribution in [0.3, 0.4) is 0 Å². The highest BCUT2D eigenvalue weighted by Gasteiger charge is 2.29. The number of nitrogens with one attached hydrogen (secondary N) is 1. The van der Waals surface area contributed by atoms with Gasteiger partial charge in [-0.3, -0.25) is 14.9 Å². The average Bonchev–Trinajstić information content (AvgIpc) is 3.21. The number of nitrogens with two attached hydrogens (primary N) is 1. The summed E-state index contributed by atoms with van der Waals surface area (Å²) in [5, 5.41) is 7.53. The minimum absolute atomic E-state index is 0.190. The van der Waals surface area contributed by atoms with Crippen molar-refractivity contribution in [1.82, 2.24) is 24.5 Å². The van der Waals surface area contributed by atoms with Gasteiger partial charge in [-0.25, -0.2) is 13.3 Å². The number of alkyl halides is 2. The molecule has 10 heteroatoms. The number of aryl methyl sites for hydroxylation is 1. The van der Waals surface area contributed by atoms with E-state index in [1.54, 1.807) is 15.6 Å². The summed E-state index contributed by atoms with van der Waals surface area (Å²) in [6.45, 7) is 12.9. The van der Waals surface area contributed by atoms with Crippen LogP contribution in [0.5, 0.6) is 0 Å². The van der Waals surface area contributed by atoms with Crippen LogP contribution >= 0.6 is 0 Å². The van der Waals surface area contributed by atoms with Gasteiger partial charge < -0.3 is 11.1 Å². The van der Waals surface area contributed by atoms with Gasteiger partial charge in [0.15, 0.2) is 5.82 Å². The molecule has 3 aromatic heterocycles. The van der Waals surface area contributed by atoms with Crippen molar-refractivity contribution >= 4 is 28.7 Å². The van der Waals surface area contributed by atoms with Crippen LogP contribution in [0, 0.1) is 12.8 Å². The van der Waals surface area contributed by atoms with Crippen molar-refractivity contribution in [2.24, 2.45) is 10.9 Å². The molecule has 36 heavy (non-hydrogen) atoms. The lowest BCUT2D eigenvalue weighted by Gasteiger charge is -2.34. The number of nitrogen functional groups attached to an aromatic ring is 1. The largest absolute Gasteiger partial charge is 0.382 e. The third-order valence-corrected chi connectivity index (χ3v) is 5.56. The van der Waals surface area contributed by atoms with Crippen LogP contribution in [0.2, 0.25) is 0 Å². The molecule has 1 saturated heterocycles. The highest BCUT2D eigenvalue weighted by atomic mass is 19.1. The quantitative estimate of drug-likeness (QED) is 0.449. The Hall–Kier alpha value is -3.14. The number of halogens is 2. The highest BCUT2D eigenvalue weighted by Crippen LogP contribution is 2.30. The van der Waals surface area contributed by atoms with Crippen LogP contribution in [0.15, 0.2) is 29.4 Å². The fourth-order valence-electron chi connectivity index (χ4n) is 4.00. The van der Waals surface area contributed by atoms with Crippen LogP contribution in [-0.4, -0.2) is 68.7 Å². The number of rotatable bonds is 6. The minimum atomic E-state index is -1.14. The molecular formula is C26H38F2N8. The zero-order valence-electron chi connectivity index (χ0n) is 22.1. The molecule has 0 saturated carbocycles. The summed E-state index contributed by atoms with van der Waals surface area (Å²) in [6, 6.07) is 5.26. The molecule has 2 unspecified atom stereocenters. The van der Waals surface area contributed by atoms with E-state index in [4.69, 9.17) is 5.73 Å². The fourth-order valence-corrected chi connectivity index (χ4v) is 4.00. The van der Waals surface area contributed by atoms with Crippen molar-refractivity contribution in [3.8, 4) is 11.3 Å². The van der Waals surface area contributed by atoms with Crippen LogP contribution in [0.4, 0.5) is 26.2 Å². The number of likely N-dealkylation sites (tertiary alicyclic amines) is 1. The summed E-state index contributed by atoms with van der Waals surface area (Å²) in [7, 11) is 0. The molecule has 1 aliphatic rings. The first-order chi connectivity index (χ1) is 17.1. The number of hydrogen-bond acceptors (Lipinski definition) is 7. The maximum absolute atomic E-state index is 14.6. The molecule has 1 aliphatic heterocycles. The van der Waals surface area contributed by atoms with Gasteiger partial charge in [0.25, 0.3) is 0 Å². The lowest BCUT2D eigenvalue weighted by atomic mass is 10.0. The third-order valence-electron chi connectivity index (χ3n) is 5.56. The molecule has 3 N–H and O–H groups in total. The monoisotopic (exact) mass is 500 g/mol.